The number of carbonyl (C=O) groups is 2. The van der Waals surface area contributed by atoms with Gasteiger partial charge in [-0.1, -0.05) is 24.6 Å². The van der Waals surface area contributed by atoms with Gasteiger partial charge in [-0.3, -0.25) is 9.59 Å². The molecule has 0 spiro atoms. The second-order valence-corrected chi connectivity index (χ2v) is 10.1. The Hall–Kier alpha value is -2.23. The lowest BCUT2D eigenvalue weighted by atomic mass is 10.0. The number of benzene rings is 1. The zero-order chi connectivity index (χ0) is 20.9. The summed E-state index contributed by atoms with van der Waals surface area (Å²) < 4.78 is 27.6. The van der Waals surface area contributed by atoms with Gasteiger partial charge >= 0.3 is 11.8 Å². The molecule has 9 heteroatoms. The Kier molecular flexibility index (Phi) is 7.05. The lowest BCUT2D eigenvalue weighted by molar-refractivity contribution is -0.136. The predicted octanol–water partition coefficient (Wildman–Crippen LogP) is 2.74. The van der Waals surface area contributed by atoms with Crippen LogP contribution in [0.3, 0.4) is 0 Å². The molecule has 0 unspecified atom stereocenters. The number of hydrogen-bond acceptors (Lipinski definition) is 5. The summed E-state index contributed by atoms with van der Waals surface area (Å²) in [6, 6.07) is 10.3. The Morgan fingerprint density at radius 3 is 2.72 bits per heavy atom. The van der Waals surface area contributed by atoms with Crippen LogP contribution in [0.15, 0.2) is 46.0 Å². The monoisotopic (exact) mass is 435 g/mol. The molecule has 7 nitrogen and oxygen atoms in total. The van der Waals surface area contributed by atoms with Crippen molar-refractivity contribution in [3.8, 4) is 0 Å². The molecule has 1 fully saturated rings. The third-order valence-corrected chi connectivity index (χ3v) is 8.20. The summed E-state index contributed by atoms with van der Waals surface area (Å²) in [6.45, 7) is 2.61. The van der Waals surface area contributed by atoms with Gasteiger partial charge in [0.2, 0.25) is 0 Å². The lowest BCUT2D eigenvalue weighted by Gasteiger charge is -2.34. The standard InChI is InChI=1S/C20H25N3O4S2/c1-15-6-4-7-16(14-15)22-20(25)19(24)21-11-10-17-8-2-3-12-23(17)29(26,27)18-9-5-13-28-18/h4-7,9,13-14,17H,2-3,8,10-12H2,1H3,(H,21,24)(H,22,25)/t17-/m0/s1. The fourth-order valence-corrected chi connectivity index (χ4v) is 6.29. The Morgan fingerprint density at radius 1 is 1.17 bits per heavy atom. The molecule has 29 heavy (non-hydrogen) atoms. The molecule has 156 valence electrons. The van der Waals surface area contributed by atoms with Gasteiger partial charge in [-0.2, -0.15) is 4.31 Å². The minimum atomic E-state index is -3.52. The number of hydrogen-bond donors (Lipinski definition) is 2. The van der Waals surface area contributed by atoms with Gasteiger partial charge in [0.25, 0.3) is 10.0 Å². The molecule has 3 rings (SSSR count). The first kappa shape index (κ1) is 21.5. The number of rotatable bonds is 6. The molecule has 1 atom stereocenters. The highest BCUT2D eigenvalue weighted by molar-refractivity contribution is 7.91. The predicted molar refractivity (Wildman–Crippen MR) is 113 cm³/mol. The summed E-state index contributed by atoms with van der Waals surface area (Å²) in [7, 11) is -3.52. The molecule has 0 saturated carbocycles. The van der Waals surface area contributed by atoms with Gasteiger partial charge in [-0.25, -0.2) is 8.42 Å². The van der Waals surface area contributed by atoms with E-state index >= 15 is 0 Å². The van der Waals surface area contributed by atoms with Crippen molar-refractivity contribution in [1.29, 1.82) is 0 Å². The van der Waals surface area contributed by atoms with Crippen molar-refractivity contribution in [3.63, 3.8) is 0 Å². The third-order valence-electron chi connectivity index (χ3n) is 4.88. The van der Waals surface area contributed by atoms with E-state index < -0.39 is 21.8 Å². The van der Waals surface area contributed by atoms with E-state index in [-0.39, 0.29) is 12.6 Å². The molecule has 0 bridgehead atoms. The highest BCUT2D eigenvalue weighted by Gasteiger charge is 2.33. The molecule has 2 amide bonds. The van der Waals surface area contributed by atoms with E-state index in [4.69, 9.17) is 0 Å². The van der Waals surface area contributed by atoms with Crippen molar-refractivity contribution in [1.82, 2.24) is 9.62 Å². The first-order valence-electron chi connectivity index (χ1n) is 9.59. The SMILES string of the molecule is Cc1cccc(NC(=O)C(=O)NCC[C@@H]2CCCCN2S(=O)(=O)c2cccs2)c1. The average Bonchev–Trinajstić information content (AvgIpc) is 3.24. The van der Waals surface area contributed by atoms with Crippen molar-refractivity contribution < 1.29 is 18.0 Å². The number of anilines is 1. The molecule has 1 aliphatic heterocycles. The van der Waals surface area contributed by atoms with Gasteiger partial charge in [0.1, 0.15) is 4.21 Å². The minimum Gasteiger partial charge on any atom is -0.348 e. The van der Waals surface area contributed by atoms with E-state index in [1.165, 1.54) is 11.3 Å². The van der Waals surface area contributed by atoms with E-state index in [2.05, 4.69) is 10.6 Å². The van der Waals surface area contributed by atoms with Crippen LogP contribution in [0.25, 0.3) is 0 Å². The maximum absolute atomic E-state index is 12.9. The summed E-state index contributed by atoms with van der Waals surface area (Å²) >= 11 is 1.21. The van der Waals surface area contributed by atoms with Crippen molar-refractivity contribution >= 4 is 38.9 Å². The summed E-state index contributed by atoms with van der Waals surface area (Å²) in [5, 5.41) is 6.92. The molecule has 2 aromatic rings. The first-order chi connectivity index (χ1) is 13.9. The van der Waals surface area contributed by atoms with Crippen LogP contribution in [0.4, 0.5) is 5.69 Å². The van der Waals surface area contributed by atoms with Gasteiger partial charge in [-0.15, -0.1) is 11.3 Å². The van der Waals surface area contributed by atoms with Crippen molar-refractivity contribution in [3.05, 3.63) is 47.3 Å². The first-order valence-corrected chi connectivity index (χ1v) is 11.9. The number of nitrogens with one attached hydrogen (secondary N) is 2. The molecule has 2 heterocycles. The third kappa shape index (κ3) is 5.43. The van der Waals surface area contributed by atoms with E-state index in [0.29, 0.717) is 22.9 Å². The van der Waals surface area contributed by atoms with Crippen LogP contribution in [0.2, 0.25) is 0 Å². The number of aryl methyl sites for hydroxylation is 1. The van der Waals surface area contributed by atoms with Gasteiger partial charge in [0.05, 0.1) is 0 Å². The molecule has 1 saturated heterocycles. The summed E-state index contributed by atoms with van der Waals surface area (Å²) in [6.07, 6.45) is 2.99. The molecular weight excluding hydrogens is 410 g/mol. The highest BCUT2D eigenvalue weighted by Crippen LogP contribution is 2.29. The van der Waals surface area contributed by atoms with Crippen molar-refractivity contribution in [2.75, 3.05) is 18.4 Å². The van der Waals surface area contributed by atoms with Crippen LogP contribution in [0.1, 0.15) is 31.2 Å². The Morgan fingerprint density at radius 2 is 2.00 bits per heavy atom. The molecule has 1 aromatic carbocycles. The van der Waals surface area contributed by atoms with Gasteiger partial charge < -0.3 is 10.6 Å². The van der Waals surface area contributed by atoms with Crippen LogP contribution in [-0.2, 0) is 19.6 Å². The molecule has 2 N–H and O–H groups in total. The van der Waals surface area contributed by atoms with Crippen LogP contribution in [0, 0.1) is 6.92 Å². The second kappa shape index (κ2) is 9.51. The van der Waals surface area contributed by atoms with E-state index in [1.807, 2.05) is 13.0 Å². The number of piperidine rings is 1. The average molecular weight is 436 g/mol. The van der Waals surface area contributed by atoms with E-state index in [1.54, 1.807) is 40.0 Å². The maximum Gasteiger partial charge on any atom is 0.313 e. The van der Waals surface area contributed by atoms with Crippen LogP contribution in [-0.4, -0.2) is 43.7 Å². The van der Waals surface area contributed by atoms with E-state index in [9.17, 15) is 18.0 Å². The van der Waals surface area contributed by atoms with Crippen molar-refractivity contribution in [2.45, 2.75) is 42.9 Å². The minimum absolute atomic E-state index is 0.184. The Balaban J connectivity index is 1.54. The Labute approximate surface area is 175 Å². The van der Waals surface area contributed by atoms with Crippen molar-refractivity contribution in [2.24, 2.45) is 0 Å². The molecule has 1 aromatic heterocycles. The lowest BCUT2D eigenvalue weighted by Crippen LogP contribution is -2.45. The van der Waals surface area contributed by atoms with Crippen LogP contribution < -0.4 is 10.6 Å². The smallest absolute Gasteiger partial charge is 0.313 e. The fraction of sp³-hybridized carbons (Fsp3) is 0.400. The van der Waals surface area contributed by atoms with Crippen LogP contribution in [0.5, 0.6) is 0 Å². The number of carbonyl (C=O) groups excluding carboxylic acids is 2. The van der Waals surface area contributed by atoms with E-state index in [0.717, 1.165) is 24.8 Å². The fourth-order valence-electron chi connectivity index (χ4n) is 3.45. The number of sulfonamides is 1. The molecule has 0 aliphatic carbocycles. The number of amides is 2. The molecule has 0 radical (unpaired) electrons. The van der Waals surface area contributed by atoms with Crippen LogP contribution >= 0.6 is 11.3 Å². The Bertz CT molecular complexity index is 958. The zero-order valence-corrected chi connectivity index (χ0v) is 17.9. The van der Waals surface area contributed by atoms with Gasteiger partial charge in [0, 0.05) is 24.8 Å². The highest BCUT2D eigenvalue weighted by atomic mass is 32.2. The molecular formula is C20H25N3O4S2. The quantitative estimate of drug-likeness (QED) is 0.682. The zero-order valence-electron chi connectivity index (χ0n) is 16.3. The van der Waals surface area contributed by atoms with Gasteiger partial charge in [0.15, 0.2) is 0 Å². The molecule has 1 aliphatic rings. The topological polar surface area (TPSA) is 95.6 Å². The summed E-state index contributed by atoms with van der Waals surface area (Å²) in [4.78, 5) is 24.1. The summed E-state index contributed by atoms with van der Waals surface area (Å²) in [5.41, 5.74) is 1.54. The maximum atomic E-state index is 12.9. The number of nitrogens with zero attached hydrogens (tertiary/aromatic N) is 1. The normalized spacial score (nSPS) is 17.6. The summed E-state index contributed by atoms with van der Waals surface area (Å²) in [5.74, 6) is -1.46. The largest absolute Gasteiger partial charge is 0.348 e. The van der Waals surface area contributed by atoms with Gasteiger partial charge in [-0.05, 0) is 55.3 Å². The number of thiophene rings is 1. The second-order valence-electron chi connectivity index (χ2n) is 7.07.